The second-order valence-corrected chi connectivity index (χ2v) is 7.23. The molecule has 0 amide bonds. The zero-order valence-electron chi connectivity index (χ0n) is 19.3. The van der Waals surface area contributed by atoms with E-state index in [1.54, 1.807) is 18.2 Å². The molecule has 182 valence electrons. The topological polar surface area (TPSA) is 133 Å². The monoisotopic (exact) mass is 468 g/mol. The van der Waals surface area contributed by atoms with Crippen LogP contribution in [0.2, 0.25) is 0 Å². The Morgan fingerprint density at radius 1 is 0.788 bits per heavy atom. The van der Waals surface area contributed by atoms with Gasteiger partial charge in [0, 0.05) is 33.3 Å². The second-order valence-electron chi connectivity index (χ2n) is 7.23. The molecular formula is C22H28O11. The lowest BCUT2D eigenvalue weighted by atomic mass is 9.90. The van der Waals surface area contributed by atoms with Crippen molar-refractivity contribution in [3.05, 3.63) is 23.8 Å². The van der Waals surface area contributed by atoms with Crippen molar-refractivity contribution < 1.29 is 52.3 Å². The summed E-state index contributed by atoms with van der Waals surface area (Å²) >= 11 is 0. The highest BCUT2D eigenvalue weighted by molar-refractivity contribution is 5.69. The Kier molecular flexibility index (Phi) is 9.03. The van der Waals surface area contributed by atoms with Crippen molar-refractivity contribution in [2.45, 2.75) is 58.2 Å². The number of benzene rings is 1. The first-order chi connectivity index (χ1) is 15.6. The van der Waals surface area contributed by atoms with Gasteiger partial charge in [0.25, 0.3) is 0 Å². The van der Waals surface area contributed by atoms with Crippen LogP contribution in [-0.2, 0) is 42.9 Å². The first-order valence-corrected chi connectivity index (χ1v) is 10.1. The van der Waals surface area contributed by atoms with Gasteiger partial charge in [0.1, 0.15) is 30.3 Å². The van der Waals surface area contributed by atoms with Crippen LogP contribution in [0, 0.1) is 0 Å². The lowest BCUT2D eigenvalue weighted by Crippen LogP contribution is -2.59. The molecule has 1 aliphatic heterocycles. The summed E-state index contributed by atoms with van der Waals surface area (Å²) in [5.74, 6) is -1.86. The van der Waals surface area contributed by atoms with Gasteiger partial charge >= 0.3 is 23.9 Å². The molecule has 0 N–H and O–H groups in total. The van der Waals surface area contributed by atoms with E-state index in [0.717, 1.165) is 13.8 Å². The minimum absolute atomic E-state index is 0.319. The molecule has 0 saturated carbocycles. The quantitative estimate of drug-likeness (QED) is 0.406. The van der Waals surface area contributed by atoms with E-state index in [0.29, 0.717) is 17.1 Å². The maximum absolute atomic E-state index is 12.0. The smallest absolute Gasteiger partial charge is 0.303 e. The molecule has 1 aromatic carbocycles. The summed E-state index contributed by atoms with van der Waals surface area (Å²) in [6.45, 7) is 4.38. The summed E-state index contributed by atoms with van der Waals surface area (Å²) in [6.07, 6.45) is -5.86. The maximum Gasteiger partial charge on any atom is 0.303 e. The van der Waals surface area contributed by atoms with Crippen molar-refractivity contribution in [3.63, 3.8) is 0 Å². The molecule has 1 saturated heterocycles. The van der Waals surface area contributed by atoms with Gasteiger partial charge in [-0.3, -0.25) is 19.2 Å². The highest BCUT2D eigenvalue weighted by atomic mass is 16.7. The Morgan fingerprint density at radius 3 is 1.88 bits per heavy atom. The molecule has 1 aliphatic rings. The summed E-state index contributed by atoms with van der Waals surface area (Å²) in [4.78, 5) is 47.2. The zero-order chi connectivity index (χ0) is 24.7. The van der Waals surface area contributed by atoms with Crippen LogP contribution in [0.1, 0.15) is 39.4 Å². The van der Waals surface area contributed by atoms with E-state index in [1.165, 1.54) is 28.1 Å². The summed E-state index contributed by atoms with van der Waals surface area (Å²) < 4.78 is 38.3. The minimum Gasteiger partial charge on any atom is -0.497 e. The standard InChI is InChI=1S/C22H28O11/c1-11(23)29-10-18-20(30-12(2)24)22(32-14(4)26)21(31-13(3)25)19(33-18)16-9-15(27-5)7-8-17(16)28-6/h7-9,18-22H,10H2,1-6H3/t18-,19?,20+,21+,22+/m1/s1. The van der Waals surface area contributed by atoms with Gasteiger partial charge in [-0.15, -0.1) is 0 Å². The van der Waals surface area contributed by atoms with Gasteiger partial charge < -0.3 is 33.2 Å². The van der Waals surface area contributed by atoms with Crippen LogP contribution in [0.3, 0.4) is 0 Å². The number of carbonyl (C=O) groups is 4. The van der Waals surface area contributed by atoms with Gasteiger partial charge in [-0.2, -0.15) is 0 Å². The van der Waals surface area contributed by atoms with E-state index in [1.807, 2.05) is 0 Å². The van der Waals surface area contributed by atoms with Crippen molar-refractivity contribution in [2.75, 3.05) is 20.8 Å². The molecular weight excluding hydrogens is 440 g/mol. The molecule has 0 spiro atoms. The molecule has 33 heavy (non-hydrogen) atoms. The Balaban J connectivity index is 2.65. The van der Waals surface area contributed by atoms with Crippen molar-refractivity contribution in [1.82, 2.24) is 0 Å². The average molecular weight is 468 g/mol. The number of esters is 4. The molecule has 0 aromatic heterocycles. The highest BCUT2D eigenvalue weighted by Crippen LogP contribution is 2.42. The van der Waals surface area contributed by atoms with E-state index in [9.17, 15) is 19.2 Å². The first kappa shape index (κ1) is 25.9. The molecule has 1 fully saturated rings. The van der Waals surface area contributed by atoms with Crippen LogP contribution in [-0.4, -0.2) is 69.1 Å². The average Bonchev–Trinajstić information content (AvgIpc) is 2.73. The van der Waals surface area contributed by atoms with E-state index in [2.05, 4.69) is 0 Å². The van der Waals surface area contributed by atoms with Gasteiger partial charge in [-0.25, -0.2) is 0 Å². The van der Waals surface area contributed by atoms with E-state index < -0.39 is 54.4 Å². The summed E-state index contributed by atoms with van der Waals surface area (Å²) in [5.41, 5.74) is 0.411. The third-order valence-corrected chi connectivity index (χ3v) is 4.73. The fourth-order valence-corrected chi connectivity index (χ4v) is 3.54. The maximum atomic E-state index is 12.0. The van der Waals surface area contributed by atoms with Crippen LogP contribution < -0.4 is 9.47 Å². The van der Waals surface area contributed by atoms with E-state index in [4.69, 9.17) is 33.2 Å². The molecule has 5 atom stereocenters. The Labute approximate surface area is 191 Å². The largest absolute Gasteiger partial charge is 0.497 e. The fourth-order valence-electron chi connectivity index (χ4n) is 3.54. The first-order valence-electron chi connectivity index (χ1n) is 10.1. The Morgan fingerprint density at radius 2 is 1.36 bits per heavy atom. The van der Waals surface area contributed by atoms with Crippen LogP contribution in [0.4, 0.5) is 0 Å². The molecule has 11 nitrogen and oxygen atoms in total. The highest BCUT2D eigenvalue weighted by Gasteiger charge is 2.53. The molecule has 11 heteroatoms. The van der Waals surface area contributed by atoms with E-state index >= 15 is 0 Å². The lowest BCUT2D eigenvalue weighted by molar-refractivity contribution is -0.254. The third-order valence-electron chi connectivity index (χ3n) is 4.73. The predicted molar refractivity (Wildman–Crippen MR) is 110 cm³/mol. The van der Waals surface area contributed by atoms with Crippen molar-refractivity contribution >= 4 is 23.9 Å². The Hall–Kier alpha value is -3.34. The zero-order valence-corrected chi connectivity index (χ0v) is 19.3. The summed E-state index contributed by atoms with van der Waals surface area (Å²) in [5, 5.41) is 0. The summed E-state index contributed by atoms with van der Waals surface area (Å²) in [6, 6.07) is 4.90. The van der Waals surface area contributed by atoms with Gasteiger partial charge in [0.05, 0.1) is 14.2 Å². The molecule has 0 radical (unpaired) electrons. The number of rotatable bonds is 8. The van der Waals surface area contributed by atoms with Crippen LogP contribution in [0.5, 0.6) is 11.5 Å². The Bertz CT molecular complexity index is 881. The van der Waals surface area contributed by atoms with Crippen LogP contribution in [0.25, 0.3) is 0 Å². The van der Waals surface area contributed by atoms with Crippen molar-refractivity contribution in [3.8, 4) is 11.5 Å². The number of ether oxygens (including phenoxy) is 7. The van der Waals surface area contributed by atoms with Gasteiger partial charge in [0.15, 0.2) is 18.3 Å². The molecule has 1 heterocycles. The van der Waals surface area contributed by atoms with Gasteiger partial charge in [0.2, 0.25) is 0 Å². The number of carbonyl (C=O) groups excluding carboxylic acids is 4. The molecule has 1 aromatic rings. The summed E-state index contributed by atoms with van der Waals surface area (Å²) in [7, 11) is 2.91. The van der Waals surface area contributed by atoms with Crippen molar-refractivity contribution in [2.24, 2.45) is 0 Å². The minimum atomic E-state index is -1.27. The second kappa shape index (κ2) is 11.5. The van der Waals surface area contributed by atoms with E-state index in [-0.39, 0.29) is 6.61 Å². The molecule has 1 unspecified atom stereocenters. The third kappa shape index (κ3) is 6.82. The number of methoxy groups -OCH3 is 2. The molecule has 0 bridgehead atoms. The predicted octanol–water partition coefficient (Wildman–Crippen LogP) is 1.50. The van der Waals surface area contributed by atoms with Crippen LogP contribution in [0.15, 0.2) is 18.2 Å². The SMILES string of the molecule is COc1ccc(OC)c(C2O[C@H](COC(C)=O)[C@H](OC(C)=O)[C@H](OC(C)=O)[C@H]2OC(C)=O)c1. The molecule has 0 aliphatic carbocycles. The fraction of sp³-hybridized carbons (Fsp3) is 0.545. The lowest BCUT2D eigenvalue weighted by Gasteiger charge is -2.44. The van der Waals surface area contributed by atoms with Crippen LogP contribution >= 0.6 is 0 Å². The van der Waals surface area contributed by atoms with Crippen molar-refractivity contribution in [1.29, 1.82) is 0 Å². The number of hydrogen-bond acceptors (Lipinski definition) is 11. The molecule has 2 rings (SSSR count). The van der Waals surface area contributed by atoms with Gasteiger partial charge in [-0.1, -0.05) is 0 Å². The number of hydrogen-bond donors (Lipinski definition) is 0. The normalized spacial score (nSPS) is 24.2. The van der Waals surface area contributed by atoms with Gasteiger partial charge in [-0.05, 0) is 18.2 Å².